The van der Waals surface area contributed by atoms with E-state index >= 15 is 0 Å². The average molecular weight is 389 g/mol. The van der Waals surface area contributed by atoms with E-state index in [2.05, 4.69) is 26.2 Å². The van der Waals surface area contributed by atoms with Crippen LogP contribution in [0, 0.1) is 13.8 Å². The molecule has 2 N–H and O–H groups in total. The SMILES string of the molecule is Cc1ccc(C(=O)NNS(=O)(=O)c2ccc(Br)s2)c(C)c1. The summed E-state index contributed by atoms with van der Waals surface area (Å²) >= 11 is 4.26. The van der Waals surface area contributed by atoms with Crippen LogP contribution in [0.4, 0.5) is 0 Å². The first-order valence-corrected chi connectivity index (χ1v) is 9.03. The molecule has 5 nitrogen and oxygen atoms in total. The Labute approximate surface area is 135 Å². The normalized spacial score (nSPS) is 11.4. The molecule has 0 atom stereocenters. The van der Waals surface area contributed by atoms with Crippen LogP contribution in [0.25, 0.3) is 0 Å². The Morgan fingerprint density at radius 3 is 2.48 bits per heavy atom. The Morgan fingerprint density at radius 2 is 1.90 bits per heavy atom. The van der Waals surface area contributed by atoms with Crippen molar-refractivity contribution in [1.29, 1.82) is 0 Å². The smallest absolute Gasteiger partial charge is 0.266 e. The first kappa shape index (κ1) is 16.2. The Morgan fingerprint density at radius 1 is 1.19 bits per heavy atom. The Balaban J connectivity index is 2.10. The molecule has 2 rings (SSSR count). The van der Waals surface area contributed by atoms with Crippen molar-refractivity contribution in [3.63, 3.8) is 0 Å². The van der Waals surface area contributed by atoms with Gasteiger partial charge in [-0.2, -0.15) is 0 Å². The van der Waals surface area contributed by atoms with Crippen LogP contribution < -0.4 is 10.3 Å². The van der Waals surface area contributed by atoms with Crippen molar-refractivity contribution >= 4 is 43.2 Å². The second kappa shape index (κ2) is 6.27. The lowest BCUT2D eigenvalue weighted by Gasteiger charge is -2.09. The molecule has 8 heteroatoms. The number of hydrazine groups is 1. The second-order valence-electron chi connectivity index (χ2n) is 4.44. The lowest BCUT2D eigenvalue weighted by atomic mass is 10.1. The van der Waals surface area contributed by atoms with Gasteiger partial charge in [0.1, 0.15) is 4.21 Å². The molecule has 0 saturated carbocycles. The van der Waals surface area contributed by atoms with Gasteiger partial charge in [-0.05, 0) is 53.5 Å². The van der Waals surface area contributed by atoms with Gasteiger partial charge in [-0.25, -0.2) is 8.42 Å². The van der Waals surface area contributed by atoms with Gasteiger partial charge < -0.3 is 0 Å². The number of aryl methyl sites for hydroxylation is 2. The maximum absolute atomic E-state index is 12.0. The topological polar surface area (TPSA) is 75.3 Å². The van der Waals surface area contributed by atoms with Crippen molar-refractivity contribution in [2.75, 3.05) is 0 Å². The van der Waals surface area contributed by atoms with E-state index in [-0.39, 0.29) is 4.21 Å². The predicted octanol–water partition coefficient (Wildman–Crippen LogP) is 2.75. The number of sulfonamides is 1. The zero-order valence-electron chi connectivity index (χ0n) is 11.3. The van der Waals surface area contributed by atoms with Crippen LogP contribution in [-0.4, -0.2) is 14.3 Å². The summed E-state index contributed by atoms with van der Waals surface area (Å²) in [6.45, 7) is 3.72. The summed E-state index contributed by atoms with van der Waals surface area (Å²) in [4.78, 5) is 14.1. The number of halogens is 1. The summed E-state index contributed by atoms with van der Waals surface area (Å²) in [6.07, 6.45) is 0. The highest BCUT2D eigenvalue weighted by Crippen LogP contribution is 2.25. The molecule has 1 aromatic heterocycles. The molecule has 0 aliphatic rings. The fourth-order valence-corrected chi connectivity index (χ4v) is 4.59. The van der Waals surface area contributed by atoms with Gasteiger partial charge in [0.2, 0.25) is 0 Å². The van der Waals surface area contributed by atoms with Gasteiger partial charge in [-0.3, -0.25) is 10.2 Å². The van der Waals surface area contributed by atoms with E-state index < -0.39 is 15.9 Å². The average Bonchev–Trinajstić information content (AvgIpc) is 2.84. The number of carbonyl (C=O) groups is 1. The number of nitrogens with one attached hydrogen (secondary N) is 2. The minimum Gasteiger partial charge on any atom is -0.273 e. The molecule has 0 fully saturated rings. The maximum Gasteiger partial charge on any atom is 0.266 e. The van der Waals surface area contributed by atoms with Crippen molar-refractivity contribution in [2.24, 2.45) is 0 Å². The highest BCUT2D eigenvalue weighted by molar-refractivity contribution is 9.11. The third kappa shape index (κ3) is 3.91. The van der Waals surface area contributed by atoms with Crippen LogP contribution in [0.2, 0.25) is 0 Å². The fraction of sp³-hybridized carbons (Fsp3) is 0.154. The molecular formula is C13H13BrN2O3S2. The molecule has 0 saturated heterocycles. The van der Waals surface area contributed by atoms with Crippen molar-refractivity contribution in [1.82, 2.24) is 10.3 Å². The summed E-state index contributed by atoms with van der Waals surface area (Å²) in [5, 5.41) is 0. The molecule has 1 heterocycles. The van der Waals surface area contributed by atoms with E-state index in [9.17, 15) is 13.2 Å². The van der Waals surface area contributed by atoms with Gasteiger partial charge in [-0.15, -0.1) is 16.2 Å². The van der Waals surface area contributed by atoms with Gasteiger partial charge in [0.25, 0.3) is 15.9 Å². The van der Waals surface area contributed by atoms with Crippen LogP contribution in [-0.2, 0) is 10.0 Å². The lowest BCUT2D eigenvalue weighted by Crippen LogP contribution is -2.41. The minimum absolute atomic E-state index is 0.121. The molecule has 0 aliphatic carbocycles. The molecular weight excluding hydrogens is 376 g/mol. The van der Waals surface area contributed by atoms with Gasteiger partial charge in [0.05, 0.1) is 3.79 Å². The Kier molecular flexibility index (Phi) is 4.82. The van der Waals surface area contributed by atoms with E-state index in [0.717, 1.165) is 22.5 Å². The van der Waals surface area contributed by atoms with Crippen LogP contribution in [0.15, 0.2) is 38.3 Å². The first-order chi connectivity index (χ1) is 9.79. The van der Waals surface area contributed by atoms with Gasteiger partial charge in [-0.1, -0.05) is 17.7 Å². The Hall–Kier alpha value is -1.22. The van der Waals surface area contributed by atoms with Crippen LogP contribution in [0.5, 0.6) is 0 Å². The molecule has 2 aromatic rings. The van der Waals surface area contributed by atoms with Crippen LogP contribution in [0.1, 0.15) is 21.5 Å². The zero-order chi connectivity index (χ0) is 15.6. The van der Waals surface area contributed by atoms with E-state index in [1.807, 2.05) is 13.0 Å². The number of hydrogen-bond acceptors (Lipinski definition) is 4. The molecule has 0 radical (unpaired) electrons. The fourth-order valence-electron chi connectivity index (χ4n) is 1.74. The van der Waals surface area contributed by atoms with Gasteiger partial charge >= 0.3 is 0 Å². The number of rotatable bonds is 4. The minimum atomic E-state index is -3.76. The third-order valence-electron chi connectivity index (χ3n) is 2.74. The number of benzene rings is 1. The monoisotopic (exact) mass is 388 g/mol. The number of carbonyl (C=O) groups excluding carboxylic acids is 1. The second-order valence-corrected chi connectivity index (χ2v) is 8.81. The zero-order valence-corrected chi connectivity index (χ0v) is 14.5. The third-order valence-corrected chi connectivity index (χ3v) is 6.10. The van der Waals surface area contributed by atoms with Crippen LogP contribution >= 0.6 is 27.3 Å². The predicted molar refractivity (Wildman–Crippen MR) is 85.7 cm³/mol. The van der Waals surface area contributed by atoms with Gasteiger partial charge in [0.15, 0.2) is 0 Å². The molecule has 112 valence electrons. The molecule has 21 heavy (non-hydrogen) atoms. The van der Waals surface area contributed by atoms with Crippen molar-refractivity contribution in [3.8, 4) is 0 Å². The number of hydrogen-bond donors (Lipinski definition) is 2. The van der Waals surface area contributed by atoms with E-state index in [1.165, 1.54) is 6.07 Å². The Bertz CT molecular complexity index is 784. The molecule has 0 spiro atoms. The summed E-state index contributed by atoms with van der Waals surface area (Å²) in [6, 6.07) is 8.41. The molecule has 0 aliphatic heterocycles. The summed E-state index contributed by atoms with van der Waals surface area (Å²) in [7, 11) is -3.76. The molecule has 1 amide bonds. The van der Waals surface area contributed by atoms with Gasteiger partial charge in [0, 0.05) is 5.56 Å². The molecule has 0 unspecified atom stereocenters. The van der Waals surface area contributed by atoms with E-state index in [4.69, 9.17) is 0 Å². The van der Waals surface area contributed by atoms with Crippen molar-refractivity contribution in [3.05, 3.63) is 50.8 Å². The first-order valence-electron chi connectivity index (χ1n) is 5.94. The van der Waals surface area contributed by atoms with E-state index in [0.29, 0.717) is 9.35 Å². The molecule has 0 bridgehead atoms. The number of amides is 1. The van der Waals surface area contributed by atoms with Crippen LogP contribution in [0.3, 0.4) is 0 Å². The largest absolute Gasteiger partial charge is 0.273 e. The summed E-state index contributed by atoms with van der Waals surface area (Å²) < 4.78 is 24.8. The lowest BCUT2D eigenvalue weighted by molar-refractivity contribution is 0.0944. The van der Waals surface area contributed by atoms with Crippen molar-refractivity contribution < 1.29 is 13.2 Å². The highest BCUT2D eigenvalue weighted by Gasteiger charge is 2.18. The summed E-state index contributed by atoms with van der Waals surface area (Å²) in [5.74, 6) is -0.494. The number of thiophene rings is 1. The van der Waals surface area contributed by atoms with E-state index in [1.54, 1.807) is 25.1 Å². The standard InChI is InChI=1S/C13H13BrN2O3S2/c1-8-3-4-10(9(2)7-8)13(17)15-16-21(18,19)12-6-5-11(14)20-12/h3-7,16H,1-2H3,(H,15,17). The quantitative estimate of drug-likeness (QED) is 0.790. The maximum atomic E-state index is 12.0. The summed E-state index contributed by atoms with van der Waals surface area (Å²) in [5.41, 5.74) is 4.47. The molecule has 1 aromatic carbocycles. The highest BCUT2D eigenvalue weighted by atomic mass is 79.9. The van der Waals surface area contributed by atoms with Crippen molar-refractivity contribution in [2.45, 2.75) is 18.1 Å².